The van der Waals surface area contributed by atoms with Crippen molar-refractivity contribution in [2.75, 3.05) is 25.9 Å². The fourth-order valence-corrected chi connectivity index (χ4v) is 2.59. The van der Waals surface area contributed by atoms with Crippen LogP contribution in [0.1, 0.15) is 41.8 Å². The standard InChI is InChI=1S/C13H18N2O4S.C3H8/c1-15-6-4-10-8-11(2-3-12(10)9-15)13(16)14-5-7-20(17,18)19;1-3-2/h2-3,8H,4-7,9H2,1H3,(H,14,16)(H,17,18,19);3H2,1-2H3. The molecule has 1 aromatic carbocycles. The van der Waals surface area contributed by atoms with Crippen molar-refractivity contribution in [2.45, 2.75) is 33.2 Å². The largest absolute Gasteiger partial charge is 0.351 e. The molecule has 130 valence electrons. The molecule has 1 aliphatic rings. The summed E-state index contributed by atoms with van der Waals surface area (Å²) < 4.78 is 29.7. The van der Waals surface area contributed by atoms with Crippen molar-refractivity contribution < 1.29 is 17.8 Å². The fraction of sp³-hybridized carbons (Fsp3) is 0.562. The first-order valence-electron chi connectivity index (χ1n) is 7.80. The van der Waals surface area contributed by atoms with Gasteiger partial charge in [0.15, 0.2) is 0 Å². The van der Waals surface area contributed by atoms with E-state index >= 15 is 0 Å². The molecule has 0 saturated heterocycles. The lowest BCUT2D eigenvalue weighted by Gasteiger charge is -2.25. The predicted octanol–water partition coefficient (Wildman–Crippen LogP) is 1.71. The molecule has 0 radical (unpaired) electrons. The van der Waals surface area contributed by atoms with E-state index < -0.39 is 15.9 Å². The second kappa shape index (κ2) is 9.00. The van der Waals surface area contributed by atoms with Crippen molar-refractivity contribution in [2.24, 2.45) is 0 Å². The molecule has 0 spiro atoms. The first kappa shape index (κ1) is 19.6. The summed E-state index contributed by atoms with van der Waals surface area (Å²) in [5.41, 5.74) is 2.89. The van der Waals surface area contributed by atoms with Crippen molar-refractivity contribution in [3.8, 4) is 0 Å². The molecule has 6 nitrogen and oxygen atoms in total. The van der Waals surface area contributed by atoms with Crippen LogP contribution in [0.3, 0.4) is 0 Å². The Bertz CT molecular complexity index is 629. The zero-order valence-corrected chi connectivity index (χ0v) is 14.8. The number of hydrogen-bond donors (Lipinski definition) is 2. The average Bonchev–Trinajstić information content (AvgIpc) is 2.46. The normalized spacial score (nSPS) is 14.4. The Morgan fingerprint density at radius 3 is 2.57 bits per heavy atom. The van der Waals surface area contributed by atoms with Crippen molar-refractivity contribution in [3.05, 3.63) is 34.9 Å². The van der Waals surface area contributed by atoms with Gasteiger partial charge in [0.05, 0.1) is 5.75 Å². The minimum atomic E-state index is -4.04. The summed E-state index contributed by atoms with van der Waals surface area (Å²) in [5.74, 6) is -0.801. The molecule has 1 aliphatic heterocycles. The Morgan fingerprint density at radius 2 is 1.96 bits per heavy atom. The topological polar surface area (TPSA) is 86.7 Å². The van der Waals surface area contributed by atoms with E-state index in [1.54, 1.807) is 6.07 Å². The van der Waals surface area contributed by atoms with Crippen molar-refractivity contribution in [1.29, 1.82) is 0 Å². The van der Waals surface area contributed by atoms with Crippen LogP contribution in [0.15, 0.2) is 18.2 Å². The minimum absolute atomic E-state index is 0.0997. The van der Waals surface area contributed by atoms with Gasteiger partial charge < -0.3 is 10.2 Å². The smallest absolute Gasteiger partial charge is 0.266 e. The van der Waals surface area contributed by atoms with Gasteiger partial charge in [0.2, 0.25) is 0 Å². The first-order valence-corrected chi connectivity index (χ1v) is 9.41. The molecule has 0 saturated carbocycles. The van der Waals surface area contributed by atoms with E-state index in [0.717, 1.165) is 25.1 Å². The highest BCUT2D eigenvalue weighted by molar-refractivity contribution is 7.85. The Morgan fingerprint density at radius 1 is 1.30 bits per heavy atom. The van der Waals surface area contributed by atoms with E-state index in [2.05, 4.69) is 31.1 Å². The molecule has 1 amide bonds. The molecule has 0 atom stereocenters. The van der Waals surface area contributed by atoms with E-state index in [4.69, 9.17) is 4.55 Å². The number of rotatable bonds is 4. The summed E-state index contributed by atoms with van der Waals surface area (Å²) in [7, 11) is -1.99. The molecular weight excluding hydrogens is 316 g/mol. The van der Waals surface area contributed by atoms with Crippen molar-refractivity contribution >= 4 is 16.0 Å². The van der Waals surface area contributed by atoms with Crippen LogP contribution in [-0.4, -0.2) is 49.7 Å². The molecule has 0 bridgehead atoms. The van der Waals surface area contributed by atoms with Gasteiger partial charge in [-0.3, -0.25) is 9.35 Å². The van der Waals surface area contributed by atoms with E-state index in [9.17, 15) is 13.2 Å². The van der Waals surface area contributed by atoms with Crippen LogP contribution in [0, 0.1) is 0 Å². The third-order valence-electron chi connectivity index (χ3n) is 3.32. The van der Waals surface area contributed by atoms with Gasteiger partial charge >= 0.3 is 0 Å². The summed E-state index contributed by atoms with van der Waals surface area (Å²) in [6.45, 7) is 5.98. The maximum atomic E-state index is 11.9. The van der Waals surface area contributed by atoms with Crippen LogP contribution >= 0.6 is 0 Å². The SMILES string of the molecule is CCC.CN1CCc2cc(C(=O)NCCS(=O)(=O)O)ccc2C1. The Hall–Kier alpha value is -1.44. The van der Waals surface area contributed by atoms with E-state index in [1.807, 2.05) is 12.1 Å². The zero-order chi connectivity index (χ0) is 17.5. The lowest BCUT2D eigenvalue weighted by Crippen LogP contribution is -2.30. The Labute approximate surface area is 138 Å². The number of hydrogen-bond acceptors (Lipinski definition) is 4. The van der Waals surface area contributed by atoms with Gasteiger partial charge in [-0.25, -0.2) is 0 Å². The molecule has 2 N–H and O–H groups in total. The third kappa shape index (κ3) is 7.11. The van der Waals surface area contributed by atoms with Crippen LogP contribution < -0.4 is 5.32 Å². The summed E-state index contributed by atoms with van der Waals surface area (Å²) in [6, 6.07) is 5.52. The number of nitrogens with one attached hydrogen (secondary N) is 1. The average molecular weight is 342 g/mol. The molecule has 0 unspecified atom stereocenters. The quantitative estimate of drug-likeness (QED) is 0.814. The monoisotopic (exact) mass is 342 g/mol. The Balaban J connectivity index is 0.000000816. The first-order chi connectivity index (χ1) is 10.8. The van der Waals surface area contributed by atoms with Gasteiger partial charge in [-0.2, -0.15) is 8.42 Å². The van der Waals surface area contributed by atoms with Gasteiger partial charge in [0, 0.05) is 25.2 Å². The lowest BCUT2D eigenvalue weighted by molar-refractivity contribution is 0.0956. The van der Waals surface area contributed by atoms with Gasteiger partial charge in [-0.05, 0) is 36.7 Å². The number of amides is 1. The zero-order valence-electron chi connectivity index (χ0n) is 14.0. The highest BCUT2D eigenvalue weighted by Crippen LogP contribution is 2.19. The van der Waals surface area contributed by atoms with Crippen molar-refractivity contribution in [3.63, 3.8) is 0 Å². The van der Waals surface area contributed by atoms with Crippen LogP contribution in [0.2, 0.25) is 0 Å². The van der Waals surface area contributed by atoms with Gasteiger partial charge in [0.25, 0.3) is 16.0 Å². The fourth-order valence-electron chi connectivity index (χ4n) is 2.23. The summed E-state index contributed by atoms with van der Waals surface area (Å²) in [6.07, 6.45) is 2.15. The lowest BCUT2D eigenvalue weighted by atomic mass is 9.97. The number of fused-ring (bicyclic) bond motifs is 1. The summed E-state index contributed by atoms with van der Waals surface area (Å²) >= 11 is 0. The van der Waals surface area contributed by atoms with Crippen LogP contribution in [0.5, 0.6) is 0 Å². The second-order valence-corrected chi connectivity index (χ2v) is 7.29. The van der Waals surface area contributed by atoms with Gasteiger partial charge in [-0.15, -0.1) is 0 Å². The summed E-state index contributed by atoms with van der Waals surface area (Å²) in [4.78, 5) is 14.1. The van der Waals surface area contributed by atoms with Crippen LogP contribution in [0.25, 0.3) is 0 Å². The highest BCUT2D eigenvalue weighted by atomic mass is 32.2. The molecule has 0 fully saturated rings. The molecule has 2 rings (SSSR count). The number of nitrogens with zero attached hydrogens (tertiary/aromatic N) is 1. The predicted molar refractivity (Wildman–Crippen MR) is 91.2 cm³/mol. The van der Waals surface area contributed by atoms with Crippen LogP contribution in [-0.2, 0) is 23.1 Å². The number of likely N-dealkylation sites (N-methyl/N-ethyl adjacent to an activating group) is 1. The third-order valence-corrected chi connectivity index (χ3v) is 4.04. The van der Waals surface area contributed by atoms with Crippen molar-refractivity contribution in [1.82, 2.24) is 10.2 Å². The number of carbonyl (C=O) groups is 1. The minimum Gasteiger partial charge on any atom is -0.351 e. The Kier molecular flexibility index (Phi) is 7.67. The maximum Gasteiger partial charge on any atom is 0.266 e. The second-order valence-electron chi connectivity index (χ2n) is 5.72. The molecular formula is C16H26N2O4S. The highest BCUT2D eigenvalue weighted by Gasteiger charge is 2.15. The van der Waals surface area contributed by atoms with Crippen LogP contribution in [0.4, 0.5) is 0 Å². The van der Waals surface area contributed by atoms with E-state index in [-0.39, 0.29) is 12.5 Å². The number of benzene rings is 1. The van der Waals surface area contributed by atoms with Gasteiger partial charge in [0.1, 0.15) is 0 Å². The molecule has 23 heavy (non-hydrogen) atoms. The molecule has 7 heteroatoms. The number of carbonyl (C=O) groups excluding carboxylic acids is 1. The van der Waals surface area contributed by atoms with E-state index in [1.165, 1.54) is 12.0 Å². The molecule has 0 aliphatic carbocycles. The molecule has 1 aromatic rings. The molecule has 1 heterocycles. The molecule has 0 aromatic heterocycles. The van der Waals surface area contributed by atoms with Gasteiger partial charge in [-0.1, -0.05) is 26.3 Å². The summed E-state index contributed by atoms with van der Waals surface area (Å²) in [5, 5.41) is 2.48. The maximum absolute atomic E-state index is 11.9. The van der Waals surface area contributed by atoms with E-state index in [0.29, 0.717) is 5.56 Å².